The summed E-state index contributed by atoms with van der Waals surface area (Å²) in [4.78, 5) is 4.48. The quantitative estimate of drug-likeness (QED) is 0.848. The molecule has 1 aromatic carbocycles. The van der Waals surface area contributed by atoms with Gasteiger partial charge in [-0.05, 0) is 37.1 Å². The van der Waals surface area contributed by atoms with Crippen LogP contribution in [0.15, 0.2) is 22.7 Å². The Hall–Kier alpha value is -1.88. The molecule has 5 heteroatoms. The minimum atomic E-state index is 0.260. The van der Waals surface area contributed by atoms with E-state index >= 15 is 0 Å². The normalized spacial score (nSPS) is 18.7. The molecule has 19 heavy (non-hydrogen) atoms. The van der Waals surface area contributed by atoms with Crippen LogP contribution in [0.4, 0.5) is 0 Å². The second kappa shape index (κ2) is 5.01. The zero-order valence-electron chi connectivity index (χ0n) is 11.0. The molecule has 0 amide bonds. The van der Waals surface area contributed by atoms with Crippen molar-refractivity contribution in [1.82, 2.24) is 10.1 Å². The van der Waals surface area contributed by atoms with Crippen molar-refractivity contribution < 1.29 is 14.0 Å². The van der Waals surface area contributed by atoms with Crippen LogP contribution in [0.5, 0.6) is 5.75 Å². The van der Waals surface area contributed by atoms with Crippen LogP contribution in [-0.4, -0.2) is 30.5 Å². The summed E-state index contributed by atoms with van der Waals surface area (Å²) in [5.74, 6) is 2.38. The number of aromatic nitrogens is 2. The molecule has 2 heterocycles. The highest BCUT2D eigenvalue weighted by atomic mass is 16.5. The van der Waals surface area contributed by atoms with Crippen molar-refractivity contribution in [1.29, 1.82) is 0 Å². The van der Waals surface area contributed by atoms with Gasteiger partial charge in [0.05, 0.1) is 13.7 Å². The van der Waals surface area contributed by atoms with Crippen molar-refractivity contribution in [3.8, 4) is 17.2 Å². The van der Waals surface area contributed by atoms with Gasteiger partial charge in [0.1, 0.15) is 5.75 Å². The number of hydrogen-bond acceptors (Lipinski definition) is 5. The molecule has 2 aromatic rings. The Morgan fingerprint density at radius 3 is 2.95 bits per heavy atom. The molecule has 0 radical (unpaired) electrons. The van der Waals surface area contributed by atoms with Crippen LogP contribution in [0, 0.1) is 6.92 Å². The van der Waals surface area contributed by atoms with Gasteiger partial charge >= 0.3 is 0 Å². The first-order valence-corrected chi connectivity index (χ1v) is 6.34. The molecule has 3 rings (SSSR count). The predicted molar refractivity (Wildman–Crippen MR) is 69.2 cm³/mol. The van der Waals surface area contributed by atoms with Crippen molar-refractivity contribution in [3.05, 3.63) is 29.6 Å². The molecule has 0 spiro atoms. The fraction of sp³-hybridized carbons (Fsp3) is 0.429. The predicted octanol–water partition coefficient (Wildman–Crippen LogP) is 2.56. The first kappa shape index (κ1) is 12.2. The molecule has 0 unspecified atom stereocenters. The molecule has 1 aliphatic heterocycles. The molecular formula is C14H16N2O3. The Bertz CT molecular complexity index is 574. The standard InChI is InChI=1S/C14H16N2O3/c1-9-7-11(17-2)3-4-12(9)14-15-13(16-19-14)10-5-6-18-8-10/h3-4,7,10H,5-6,8H2,1-2H3/t10-/m0/s1. The largest absolute Gasteiger partial charge is 0.497 e. The lowest BCUT2D eigenvalue weighted by Crippen LogP contribution is -1.99. The molecule has 0 aliphatic carbocycles. The molecule has 1 atom stereocenters. The van der Waals surface area contributed by atoms with Crippen molar-refractivity contribution in [2.24, 2.45) is 0 Å². The second-order valence-corrected chi connectivity index (χ2v) is 4.70. The van der Waals surface area contributed by atoms with Gasteiger partial charge < -0.3 is 14.0 Å². The van der Waals surface area contributed by atoms with Gasteiger partial charge in [-0.1, -0.05) is 5.16 Å². The van der Waals surface area contributed by atoms with E-state index < -0.39 is 0 Å². The van der Waals surface area contributed by atoms with E-state index in [1.165, 1.54) is 0 Å². The van der Waals surface area contributed by atoms with E-state index in [-0.39, 0.29) is 5.92 Å². The molecule has 1 saturated heterocycles. The number of hydrogen-bond donors (Lipinski definition) is 0. The summed E-state index contributed by atoms with van der Waals surface area (Å²) in [5, 5.41) is 4.06. The van der Waals surface area contributed by atoms with E-state index in [2.05, 4.69) is 10.1 Å². The third-order valence-electron chi connectivity index (χ3n) is 3.40. The van der Waals surface area contributed by atoms with Crippen molar-refractivity contribution in [3.63, 3.8) is 0 Å². The lowest BCUT2D eigenvalue weighted by Gasteiger charge is -2.04. The summed E-state index contributed by atoms with van der Waals surface area (Å²) in [7, 11) is 1.65. The van der Waals surface area contributed by atoms with Crippen LogP contribution in [0.1, 0.15) is 23.7 Å². The van der Waals surface area contributed by atoms with E-state index in [9.17, 15) is 0 Å². The Labute approximate surface area is 111 Å². The van der Waals surface area contributed by atoms with Gasteiger partial charge in [0.2, 0.25) is 0 Å². The summed E-state index contributed by atoms with van der Waals surface area (Å²) in [6, 6.07) is 5.79. The van der Waals surface area contributed by atoms with Crippen molar-refractivity contribution in [2.45, 2.75) is 19.3 Å². The van der Waals surface area contributed by atoms with Crippen LogP contribution in [0.25, 0.3) is 11.5 Å². The number of nitrogens with zero attached hydrogens (tertiary/aromatic N) is 2. The molecular weight excluding hydrogens is 244 g/mol. The van der Waals surface area contributed by atoms with Crippen molar-refractivity contribution in [2.75, 3.05) is 20.3 Å². The smallest absolute Gasteiger partial charge is 0.258 e. The molecule has 1 aliphatic rings. The highest BCUT2D eigenvalue weighted by molar-refractivity contribution is 5.59. The van der Waals surface area contributed by atoms with Crippen LogP contribution in [0.2, 0.25) is 0 Å². The number of benzene rings is 1. The van der Waals surface area contributed by atoms with Crippen LogP contribution in [0.3, 0.4) is 0 Å². The van der Waals surface area contributed by atoms with Gasteiger partial charge in [0, 0.05) is 18.1 Å². The zero-order chi connectivity index (χ0) is 13.2. The third kappa shape index (κ3) is 2.33. The number of aryl methyl sites for hydroxylation is 1. The van der Waals surface area contributed by atoms with E-state index in [0.29, 0.717) is 12.5 Å². The van der Waals surface area contributed by atoms with E-state index in [4.69, 9.17) is 14.0 Å². The summed E-state index contributed by atoms with van der Waals surface area (Å²) in [6.45, 7) is 3.46. The molecule has 0 bridgehead atoms. The number of rotatable bonds is 3. The van der Waals surface area contributed by atoms with Crippen LogP contribution >= 0.6 is 0 Å². The summed E-state index contributed by atoms with van der Waals surface area (Å²) in [6.07, 6.45) is 0.959. The van der Waals surface area contributed by atoms with Gasteiger partial charge in [0.15, 0.2) is 5.82 Å². The maximum Gasteiger partial charge on any atom is 0.258 e. The number of methoxy groups -OCH3 is 1. The maximum absolute atomic E-state index is 5.36. The molecule has 0 saturated carbocycles. The van der Waals surface area contributed by atoms with Gasteiger partial charge in [0.25, 0.3) is 5.89 Å². The second-order valence-electron chi connectivity index (χ2n) is 4.70. The summed E-state index contributed by atoms with van der Waals surface area (Å²) < 4.78 is 15.9. The fourth-order valence-corrected chi connectivity index (χ4v) is 2.25. The Kier molecular flexibility index (Phi) is 3.21. The highest BCUT2D eigenvalue weighted by Crippen LogP contribution is 2.28. The van der Waals surface area contributed by atoms with Crippen LogP contribution in [-0.2, 0) is 4.74 Å². The number of ether oxygens (including phenoxy) is 2. The fourth-order valence-electron chi connectivity index (χ4n) is 2.25. The Morgan fingerprint density at radius 1 is 1.37 bits per heavy atom. The lowest BCUT2D eigenvalue weighted by molar-refractivity contribution is 0.192. The average molecular weight is 260 g/mol. The lowest BCUT2D eigenvalue weighted by atomic mass is 10.1. The molecule has 5 nitrogen and oxygen atoms in total. The zero-order valence-corrected chi connectivity index (χ0v) is 11.0. The SMILES string of the molecule is COc1ccc(-c2nc([C@H]3CCOC3)no2)c(C)c1. The van der Waals surface area contributed by atoms with Crippen molar-refractivity contribution >= 4 is 0 Å². The van der Waals surface area contributed by atoms with E-state index in [1.54, 1.807) is 7.11 Å². The minimum Gasteiger partial charge on any atom is -0.497 e. The third-order valence-corrected chi connectivity index (χ3v) is 3.40. The topological polar surface area (TPSA) is 57.4 Å². The summed E-state index contributed by atoms with van der Waals surface area (Å²) in [5.41, 5.74) is 2.00. The Balaban J connectivity index is 1.89. The molecule has 1 aromatic heterocycles. The van der Waals surface area contributed by atoms with Gasteiger partial charge in [-0.25, -0.2) is 0 Å². The first-order valence-electron chi connectivity index (χ1n) is 6.34. The van der Waals surface area contributed by atoms with E-state index in [0.717, 1.165) is 35.7 Å². The van der Waals surface area contributed by atoms with Gasteiger partial charge in [-0.2, -0.15) is 4.98 Å². The highest BCUT2D eigenvalue weighted by Gasteiger charge is 2.23. The molecule has 0 N–H and O–H groups in total. The average Bonchev–Trinajstić information content (AvgIpc) is 3.09. The van der Waals surface area contributed by atoms with Gasteiger partial charge in [-0.15, -0.1) is 0 Å². The van der Waals surface area contributed by atoms with Crippen LogP contribution < -0.4 is 4.74 Å². The van der Waals surface area contributed by atoms with Gasteiger partial charge in [-0.3, -0.25) is 0 Å². The molecule has 1 fully saturated rings. The minimum absolute atomic E-state index is 0.260. The summed E-state index contributed by atoms with van der Waals surface area (Å²) >= 11 is 0. The first-order chi connectivity index (χ1) is 9.28. The molecule has 100 valence electrons. The van der Waals surface area contributed by atoms with E-state index in [1.807, 2.05) is 25.1 Å². The monoisotopic (exact) mass is 260 g/mol. The Morgan fingerprint density at radius 2 is 2.26 bits per heavy atom. The maximum atomic E-state index is 5.36.